The van der Waals surface area contributed by atoms with Gasteiger partial charge in [-0.2, -0.15) is 4.31 Å². The number of halogens is 1. The van der Waals surface area contributed by atoms with Crippen LogP contribution in [-0.4, -0.2) is 55.9 Å². The highest BCUT2D eigenvalue weighted by Crippen LogP contribution is 2.16. The van der Waals surface area contributed by atoms with E-state index in [2.05, 4.69) is 0 Å². The summed E-state index contributed by atoms with van der Waals surface area (Å²) in [6, 6.07) is 4.80. The van der Waals surface area contributed by atoms with E-state index in [0.29, 0.717) is 38.3 Å². The minimum Gasteiger partial charge on any atom is -0.384 e. The Kier molecular flexibility index (Phi) is 4.60. The minimum absolute atomic E-state index is 0.0993. The van der Waals surface area contributed by atoms with E-state index in [9.17, 15) is 12.8 Å². The van der Waals surface area contributed by atoms with Crippen molar-refractivity contribution in [3.05, 3.63) is 35.1 Å². The number of nitrogens with zero attached hydrogens (tertiary/aromatic N) is 2. The number of hydrogen-bond donors (Lipinski definition) is 2. The van der Waals surface area contributed by atoms with Crippen molar-refractivity contribution in [2.24, 2.45) is 5.73 Å². The van der Waals surface area contributed by atoms with Crippen LogP contribution in [0.4, 0.5) is 4.39 Å². The largest absolute Gasteiger partial charge is 0.384 e. The van der Waals surface area contributed by atoms with Crippen LogP contribution in [-0.2, 0) is 16.6 Å². The van der Waals surface area contributed by atoms with Crippen molar-refractivity contribution in [3.8, 4) is 0 Å². The number of rotatable bonds is 4. The minimum atomic E-state index is -3.16. The molecule has 1 saturated heterocycles. The number of piperazine rings is 1. The maximum absolute atomic E-state index is 14.2. The van der Waals surface area contributed by atoms with E-state index in [-0.39, 0.29) is 11.4 Å². The lowest BCUT2D eigenvalue weighted by molar-refractivity contribution is 0.180. The van der Waals surface area contributed by atoms with Gasteiger partial charge in [0.25, 0.3) is 0 Å². The van der Waals surface area contributed by atoms with Crippen LogP contribution in [0.2, 0.25) is 0 Å². The van der Waals surface area contributed by atoms with Crippen molar-refractivity contribution in [1.29, 1.82) is 5.41 Å². The first-order valence-electron chi connectivity index (χ1n) is 6.58. The number of nitrogens with two attached hydrogens (primary N) is 1. The zero-order valence-corrected chi connectivity index (χ0v) is 12.7. The first-order valence-corrected chi connectivity index (χ1v) is 8.43. The fourth-order valence-electron chi connectivity index (χ4n) is 2.37. The monoisotopic (exact) mass is 314 g/mol. The highest BCUT2D eigenvalue weighted by atomic mass is 32.2. The number of benzene rings is 1. The van der Waals surface area contributed by atoms with E-state index in [1.165, 1.54) is 16.6 Å². The maximum Gasteiger partial charge on any atom is 0.211 e. The van der Waals surface area contributed by atoms with Gasteiger partial charge < -0.3 is 5.73 Å². The number of amidine groups is 1. The molecule has 8 heteroatoms. The van der Waals surface area contributed by atoms with Crippen molar-refractivity contribution in [2.75, 3.05) is 32.4 Å². The molecule has 0 spiro atoms. The Morgan fingerprint density at radius 1 is 1.33 bits per heavy atom. The molecule has 116 valence electrons. The molecule has 0 saturated carbocycles. The lowest BCUT2D eigenvalue weighted by atomic mass is 10.1. The standard InChI is InChI=1S/C13H19FN4O2S/c1-21(19,20)18-7-5-17(6-8-18)9-10-3-2-4-11(12(10)14)13(15)16/h2-4H,5-9H2,1H3,(H3,15,16). The third-order valence-corrected chi connectivity index (χ3v) is 4.87. The van der Waals surface area contributed by atoms with Gasteiger partial charge in [0, 0.05) is 38.3 Å². The Bertz CT molecular complexity index is 640. The summed E-state index contributed by atoms with van der Waals surface area (Å²) in [4.78, 5) is 1.99. The number of hydrogen-bond acceptors (Lipinski definition) is 4. The van der Waals surface area contributed by atoms with E-state index < -0.39 is 15.8 Å². The lowest BCUT2D eigenvalue weighted by Crippen LogP contribution is -2.47. The second kappa shape index (κ2) is 6.08. The van der Waals surface area contributed by atoms with E-state index in [1.54, 1.807) is 12.1 Å². The van der Waals surface area contributed by atoms with Crippen LogP contribution in [0.15, 0.2) is 18.2 Å². The molecule has 1 fully saturated rings. The number of nitrogens with one attached hydrogen (secondary N) is 1. The van der Waals surface area contributed by atoms with Gasteiger partial charge in [0.05, 0.1) is 11.8 Å². The summed E-state index contributed by atoms with van der Waals surface area (Å²) in [5.74, 6) is -0.771. The molecule has 0 atom stereocenters. The summed E-state index contributed by atoms with van der Waals surface area (Å²) >= 11 is 0. The summed E-state index contributed by atoms with van der Waals surface area (Å²) in [7, 11) is -3.16. The summed E-state index contributed by atoms with van der Waals surface area (Å²) in [6.07, 6.45) is 1.19. The molecule has 1 aromatic carbocycles. The van der Waals surface area contributed by atoms with Gasteiger partial charge in [-0.25, -0.2) is 12.8 Å². The quantitative estimate of drug-likeness (QED) is 0.613. The van der Waals surface area contributed by atoms with E-state index in [0.717, 1.165) is 0 Å². The fourth-order valence-corrected chi connectivity index (χ4v) is 3.20. The molecule has 0 radical (unpaired) electrons. The van der Waals surface area contributed by atoms with Gasteiger partial charge in [-0.1, -0.05) is 12.1 Å². The van der Waals surface area contributed by atoms with Gasteiger partial charge in [0.15, 0.2) is 0 Å². The first-order chi connectivity index (χ1) is 9.79. The zero-order valence-electron chi connectivity index (χ0n) is 11.8. The molecular weight excluding hydrogens is 295 g/mol. The molecular formula is C13H19FN4O2S. The predicted octanol–water partition coefficient (Wildman–Crippen LogP) is 0.187. The Hall–Kier alpha value is -1.51. The van der Waals surface area contributed by atoms with Crippen LogP contribution in [0.3, 0.4) is 0 Å². The van der Waals surface area contributed by atoms with Gasteiger partial charge in [-0.3, -0.25) is 10.3 Å². The van der Waals surface area contributed by atoms with Crippen molar-refractivity contribution >= 4 is 15.9 Å². The number of nitrogen functional groups attached to an aromatic ring is 1. The molecule has 2 rings (SSSR count). The Morgan fingerprint density at radius 2 is 1.95 bits per heavy atom. The second-order valence-corrected chi connectivity index (χ2v) is 7.11. The second-order valence-electron chi connectivity index (χ2n) is 5.13. The van der Waals surface area contributed by atoms with Gasteiger partial charge in [0.2, 0.25) is 10.0 Å². The highest BCUT2D eigenvalue weighted by molar-refractivity contribution is 7.88. The summed E-state index contributed by atoms with van der Waals surface area (Å²) < 4.78 is 38.5. The molecule has 6 nitrogen and oxygen atoms in total. The number of sulfonamides is 1. The first kappa shape index (κ1) is 15.9. The Balaban J connectivity index is 2.05. The zero-order chi connectivity index (χ0) is 15.6. The highest BCUT2D eigenvalue weighted by Gasteiger charge is 2.24. The molecule has 3 N–H and O–H groups in total. The smallest absolute Gasteiger partial charge is 0.211 e. The van der Waals surface area contributed by atoms with E-state index in [4.69, 9.17) is 11.1 Å². The lowest BCUT2D eigenvalue weighted by Gasteiger charge is -2.33. The van der Waals surface area contributed by atoms with Crippen LogP contribution in [0, 0.1) is 11.2 Å². The molecule has 0 unspecified atom stereocenters. The van der Waals surface area contributed by atoms with Crippen LogP contribution >= 0.6 is 0 Å². The molecule has 21 heavy (non-hydrogen) atoms. The van der Waals surface area contributed by atoms with Crippen molar-refractivity contribution in [1.82, 2.24) is 9.21 Å². The molecule has 1 aromatic rings. The van der Waals surface area contributed by atoms with Crippen molar-refractivity contribution in [3.63, 3.8) is 0 Å². The van der Waals surface area contributed by atoms with Gasteiger partial charge in [-0.15, -0.1) is 0 Å². The summed E-state index contributed by atoms with van der Waals surface area (Å²) in [5, 5.41) is 7.34. The molecule has 1 aliphatic heterocycles. The Labute approximate surface area is 123 Å². The Morgan fingerprint density at radius 3 is 2.48 bits per heavy atom. The van der Waals surface area contributed by atoms with Crippen LogP contribution < -0.4 is 5.73 Å². The summed E-state index contributed by atoms with van der Waals surface area (Å²) in [5.41, 5.74) is 5.91. The summed E-state index contributed by atoms with van der Waals surface area (Å²) in [6.45, 7) is 2.30. The predicted molar refractivity (Wildman–Crippen MR) is 79.1 cm³/mol. The van der Waals surface area contributed by atoms with Gasteiger partial charge in [0.1, 0.15) is 11.7 Å². The van der Waals surface area contributed by atoms with Crippen LogP contribution in [0.5, 0.6) is 0 Å². The fraction of sp³-hybridized carbons (Fsp3) is 0.462. The van der Waals surface area contributed by atoms with Crippen LogP contribution in [0.1, 0.15) is 11.1 Å². The normalized spacial score (nSPS) is 17.8. The third-order valence-electron chi connectivity index (χ3n) is 3.56. The van der Waals surface area contributed by atoms with Crippen molar-refractivity contribution in [2.45, 2.75) is 6.54 Å². The van der Waals surface area contributed by atoms with Gasteiger partial charge >= 0.3 is 0 Å². The molecule has 1 aliphatic rings. The third kappa shape index (κ3) is 3.78. The van der Waals surface area contributed by atoms with E-state index >= 15 is 0 Å². The molecule has 0 bridgehead atoms. The molecule has 0 aliphatic carbocycles. The average molecular weight is 314 g/mol. The van der Waals surface area contributed by atoms with Crippen molar-refractivity contribution < 1.29 is 12.8 Å². The van der Waals surface area contributed by atoms with Gasteiger partial charge in [-0.05, 0) is 6.07 Å². The van der Waals surface area contributed by atoms with E-state index in [1.807, 2.05) is 4.90 Å². The SMILES string of the molecule is CS(=O)(=O)N1CCN(Cc2cccc(C(=N)N)c2F)CC1. The average Bonchev–Trinajstić information content (AvgIpc) is 2.40. The maximum atomic E-state index is 14.2. The molecule has 1 heterocycles. The molecule has 0 amide bonds. The van der Waals surface area contributed by atoms with Crippen LogP contribution in [0.25, 0.3) is 0 Å². The molecule has 0 aromatic heterocycles. The topological polar surface area (TPSA) is 90.5 Å².